The molecular formula is C12H12N2O5. The highest BCUT2D eigenvalue weighted by atomic mass is 16.5. The summed E-state index contributed by atoms with van der Waals surface area (Å²) in [6.45, 7) is -0.0381. The Kier molecular flexibility index (Phi) is 3.37. The maximum absolute atomic E-state index is 11.5. The molecule has 1 N–H and O–H groups in total. The number of methoxy groups -OCH3 is 2. The minimum absolute atomic E-state index is 0.0381. The molecule has 0 spiro atoms. The molecule has 1 aromatic rings. The normalized spacial score (nSPS) is 14.6. The average molecular weight is 264 g/mol. The quantitative estimate of drug-likeness (QED) is 0.623. The molecule has 0 aromatic heterocycles. The van der Waals surface area contributed by atoms with Crippen molar-refractivity contribution in [3.63, 3.8) is 0 Å². The fourth-order valence-corrected chi connectivity index (χ4v) is 1.73. The van der Waals surface area contributed by atoms with Crippen molar-refractivity contribution in [1.82, 2.24) is 10.2 Å². The van der Waals surface area contributed by atoms with E-state index in [1.54, 1.807) is 18.2 Å². The molecule has 7 nitrogen and oxygen atoms in total. The highest BCUT2D eigenvalue weighted by Crippen LogP contribution is 2.26. The smallest absolute Gasteiger partial charge is 0.331 e. The van der Waals surface area contributed by atoms with Crippen LogP contribution in [0.1, 0.15) is 5.56 Å². The third-order valence-corrected chi connectivity index (χ3v) is 2.73. The number of carbonyl (C=O) groups is 3. The maximum Gasteiger partial charge on any atom is 0.331 e. The minimum atomic E-state index is -0.919. The standard InChI is InChI=1S/C12H12N2O5/c1-18-8-4-3-7(9(5-8)19-2)6-14-11(16)10(15)13-12(14)17/h3-5H,6H2,1-2H3,(H,13,15,17). The zero-order valence-electron chi connectivity index (χ0n) is 10.4. The van der Waals surface area contributed by atoms with Gasteiger partial charge in [0.25, 0.3) is 0 Å². The summed E-state index contributed by atoms with van der Waals surface area (Å²) in [7, 11) is 2.99. The Balaban J connectivity index is 2.26. The molecule has 0 radical (unpaired) electrons. The molecule has 1 heterocycles. The van der Waals surface area contributed by atoms with Crippen molar-refractivity contribution in [3.05, 3.63) is 23.8 Å². The van der Waals surface area contributed by atoms with Crippen LogP contribution in [0.15, 0.2) is 18.2 Å². The molecule has 0 bridgehead atoms. The van der Waals surface area contributed by atoms with Gasteiger partial charge < -0.3 is 9.47 Å². The van der Waals surface area contributed by atoms with Crippen LogP contribution in [0.4, 0.5) is 4.79 Å². The second kappa shape index (κ2) is 4.97. The first-order valence-electron chi connectivity index (χ1n) is 5.44. The molecule has 1 aliphatic heterocycles. The van der Waals surface area contributed by atoms with Crippen molar-refractivity contribution < 1.29 is 23.9 Å². The highest BCUT2D eigenvalue weighted by Gasteiger charge is 2.37. The Morgan fingerprint density at radius 3 is 2.42 bits per heavy atom. The lowest BCUT2D eigenvalue weighted by Crippen LogP contribution is -2.30. The fourth-order valence-electron chi connectivity index (χ4n) is 1.73. The molecule has 2 rings (SSSR count). The number of nitrogens with one attached hydrogen (secondary N) is 1. The van der Waals surface area contributed by atoms with E-state index < -0.39 is 17.8 Å². The van der Waals surface area contributed by atoms with E-state index in [4.69, 9.17) is 9.47 Å². The molecule has 1 aliphatic rings. The van der Waals surface area contributed by atoms with Gasteiger partial charge in [-0.2, -0.15) is 0 Å². The van der Waals surface area contributed by atoms with Crippen LogP contribution in [0.25, 0.3) is 0 Å². The number of hydrogen-bond acceptors (Lipinski definition) is 5. The van der Waals surface area contributed by atoms with Gasteiger partial charge in [-0.1, -0.05) is 0 Å². The molecule has 0 unspecified atom stereocenters. The van der Waals surface area contributed by atoms with E-state index in [0.29, 0.717) is 17.1 Å². The van der Waals surface area contributed by atoms with Crippen LogP contribution in [0.3, 0.4) is 0 Å². The van der Waals surface area contributed by atoms with Crippen LogP contribution in [0.2, 0.25) is 0 Å². The Labute approximate surface area is 109 Å². The summed E-state index contributed by atoms with van der Waals surface area (Å²) in [5.74, 6) is -0.728. The van der Waals surface area contributed by atoms with Gasteiger partial charge in [-0.25, -0.2) is 4.79 Å². The van der Waals surface area contributed by atoms with Crippen molar-refractivity contribution in [3.8, 4) is 11.5 Å². The molecule has 19 heavy (non-hydrogen) atoms. The molecule has 1 fully saturated rings. The molecular weight excluding hydrogens is 252 g/mol. The predicted octanol–water partition coefficient (Wildman–Crippen LogP) is 0.282. The molecule has 0 saturated carbocycles. The third-order valence-electron chi connectivity index (χ3n) is 2.73. The molecule has 7 heteroatoms. The van der Waals surface area contributed by atoms with Crippen molar-refractivity contribution in [1.29, 1.82) is 0 Å². The first kappa shape index (κ1) is 12.9. The maximum atomic E-state index is 11.5. The van der Waals surface area contributed by atoms with Gasteiger partial charge in [0, 0.05) is 11.6 Å². The lowest BCUT2D eigenvalue weighted by Gasteiger charge is -2.15. The largest absolute Gasteiger partial charge is 0.497 e. The first-order valence-corrected chi connectivity index (χ1v) is 5.44. The van der Waals surface area contributed by atoms with Gasteiger partial charge in [0.2, 0.25) is 0 Å². The van der Waals surface area contributed by atoms with E-state index in [9.17, 15) is 14.4 Å². The minimum Gasteiger partial charge on any atom is -0.497 e. The Bertz CT molecular complexity index is 555. The number of ether oxygens (including phenoxy) is 2. The number of hydrogen-bond donors (Lipinski definition) is 1. The summed E-state index contributed by atoms with van der Waals surface area (Å²) < 4.78 is 10.2. The Morgan fingerprint density at radius 1 is 1.16 bits per heavy atom. The number of amides is 4. The lowest BCUT2D eigenvalue weighted by molar-refractivity contribution is -0.140. The number of imide groups is 2. The summed E-state index contributed by atoms with van der Waals surface area (Å²) in [5, 5.41) is 1.93. The topological polar surface area (TPSA) is 84.9 Å². The number of urea groups is 1. The van der Waals surface area contributed by atoms with E-state index in [1.807, 2.05) is 5.32 Å². The molecule has 0 aliphatic carbocycles. The van der Waals surface area contributed by atoms with E-state index >= 15 is 0 Å². The van der Waals surface area contributed by atoms with Crippen molar-refractivity contribution in [2.45, 2.75) is 6.54 Å². The number of carbonyl (C=O) groups excluding carboxylic acids is 3. The van der Waals surface area contributed by atoms with Gasteiger partial charge in [0.05, 0.1) is 20.8 Å². The number of benzene rings is 1. The summed E-state index contributed by atoms with van der Waals surface area (Å²) in [5.41, 5.74) is 0.599. The molecule has 1 saturated heterocycles. The van der Waals surface area contributed by atoms with Crippen molar-refractivity contribution in [2.75, 3.05) is 14.2 Å². The molecule has 1 aromatic carbocycles. The first-order chi connectivity index (χ1) is 9.06. The summed E-state index contributed by atoms with van der Waals surface area (Å²) in [4.78, 5) is 34.8. The zero-order valence-corrected chi connectivity index (χ0v) is 10.4. The van der Waals surface area contributed by atoms with Gasteiger partial charge in [-0.05, 0) is 12.1 Å². The van der Waals surface area contributed by atoms with Gasteiger partial charge in [0.1, 0.15) is 11.5 Å². The van der Waals surface area contributed by atoms with E-state index in [-0.39, 0.29) is 6.54 Å². The van der Waals surface area contributed by atoms with Crippen LogP contribution in [0, 0.1) is 0 Å². The van der Waals surface area contributed by atoms with Gasteiger partial charge in [-0.3, -0.25) is 19.8 Å². The van der Waals surface area contributed by atoms with Crippen LogP contribution in [-0.4, -0.2) is 37.0 Å². The highest BCUT2D eigenvalue weighted by molar-refractivity contribution is 6.44. The monoisotopic (exact) mass is 264 g/mol. The zero-order chi connectivity index (χ0) is 14.0. The second-order valence-electron chi connectivity index (χ2n) is 3.83. The Morgan fingerprint density at radius 2 is 1.89 bits per heavy atom. The van der Waals surface area contributed by atoms with Gasteiger partial charge >= 0.3 is 17.8 Å². The van der Waals surface area contributed by atoms with Crippen LogP contribution in [-0.2, 0) is 16.1 Å². The van der Waals surface area contributed by atoms with E-state index in [2.05, 4.69) is 0 Å². The van der Waals surface area contributed by atoms with Gasteiger partial charge in [0.15, 0.2) is 0 Å². The lowest BCUT2D eigenvalue weighted by atomic mass is 10.2. The van der Waals surface area contributed by atoms with Crippen LogP contribution >= 0.6 is 0 Å². The van der Waals surface area contributed by atoms with E-state index in [1.165, 1.54) is 14.2 Å². The predicted molar refractivity (Wildman–Crippen MR) is 63.6 cm³/mol. The second-order valence-corrected chi connectivity index (χ2v) is 3.83. The van der Waals surface area contributed by atoms with Crippen LogP contribution in [0.5, 0.6) is 11.5 Å². The van der Waals surface area contributed by atoms with E-state index in [0.717, 1.165) is 4.90 Å². The van der Waals surface area contributed by atoms with Gasteiger partial charge in [-0.15, -0.1) is 0 Å². The Hall–Kier alpha value is -2.57. The average Bonchev–Trinajstić information content (AvgIpc) is 2.65. The fraction of sp³-hybridized carbons (Fsp3) is 0.250. The molecule has 0 atom stereocenters. The third kappa shape index (κ3) is 2.35. The molecule has 100 valence electrons. The number of rotatable bonds is 4. The van der Waals surface area contributed by atoms with Crippen molar-refractivity contribution >= 4 is 17.8 Å². The summed E-state index contributed by atoms with van der Waals surface area (Å²) >= 11 is 0. The SMILES string of the molecule is COc1ccc(CN2C(=O)NC(=O)C2=O)c(OC)c1. The molecule has 4 amide bonds. The summed E-state index contributed by atoms with van der Waals surface area (Å²) in [6.07, 6.45) is 0. The van der Waals surface area contributed by atoms with Crippen molar-refractivity contribution in [2.24, 2.45) is 0 Å². The number of nitrogens with zero attached hydrogens (tertiary/aromatic N) is 1. The van der Waals surface area contributed by atoms with Crippen LogP contribution < -0.4 is 14.8 Å². The summed E-state index contributed by atoms with van der Waals surface area (Å²) in [6, 6.07) is 4.25.